The minimum Gasteiger partial charge on any atom is -0.506 e. The van der Waals surface area contributed by atoms with E-state index in [2.05, 4.69) is 0 Å². The number of phenolic OH excluding ortho intramolecular Hbond substituents is 1. The zero-order valence-corrected chi connectivity index (χ0v) is 10.5. The number of benzene rings is 2. The van der Waals surface area contributed by atoms with Gasteiger partial charge >= 0.3 is 0 Å². The van der Waals surface area contributed by atoms with Crippen LogP contribution in [0.3, 0.4) is 0 Å². The normalized spacial score (nSPS) is 8.50. The molecule has 2 heteroatoms. The minimum absolute atomic E-state index is 0.147. The van der Waals surface area contributed by atoms with E-state index in [0.29, 0.717) is 5.69 Å². The van der Waals surface area contributed by atoms with Crippen LogP contribution in [-0.4, -0.2) is 5.11 Å². The highest BCUT2D eigenvalue weighted by Gasteiger charge is 2.00. The lowest BCUT2D eigenvalue weighted by Crippen LogP contribution is -1.86. The molecule has 2 aromatic rings. The molecule has 0 spiro atoms. The Labute approximate surface area is 97.7 Å². The van der Waals surface area contributed by atoms with Gasteiger partial charge in [0.05, 0.1) is 5.69 Å². The highest BCUT2D eigenvalue weighted by atomic mass is 16.3. The van der Waals surface area contributed by atoms with Gasteiger partial charge in [-0.15, -0.1) is 0 Å². The molecule has 0 heterocycles. The quantitative estimate of drug-likeness (QED) is 0.515. The van der Waals surface area contributed by atoms with Gasteiger partial charge in [0.1, 0.15) is 5.75 Å². The number of hydrogen-bond acceptors (Lipinski definition) is 2. The Hall–Kier alpha value is -1.70. The van der Waals surface area contributed by atoms with Crippen LogP contribution in [0.15, 0.2) is 36.4 Å². The Balaban J connectivity index is 0.000000509. The van der Waals surface area contributed by atoms with E-state index in [4.69, 9.17) is 5.73 Å². The average Bonchev–Trinajstić information content (AvgIpc) is 2.39. The molecule has 16 heavy (non-hydrogen) atoms. The molecule has 3 N–H and O–H groups in total. The number of hydrogen-bond donors (Lipinski definition) is 2. The molecule has 0 bridgehead atoms. The summed E-state index contributed by atoms with van der Waals surface area (Å²) in [5.41, 5.74) is 6.12. The van der Waals surface area contributed by atoms with E-state index in [0.717, 1.165) is 10.8 Å². The molecule has 0 aliphatic rings. The van der Waals surface area contributed by atoms with Crippen molar-refractivity contribution in [1.82, 2.24) is 0 Å². The standard InChI is InChI=1S/C10H9NO.2C2H6/c11-10-8-4-2-1-3-7(8)5-6-9(10)12;2*1-2/h1-6,12H,11H2;2*1-2H3. The summed E-state index contributed by atoms with van der Waals surface area (Å²) < 4.78 is 0. The average molecular weight is 219 g/mol. The second kappa shape index (κ2) is 7.57. The Bertz CT molecular complexity index is 424. The molecule has 0 saturated carbocycles. The van der Waals surface area contributed by atoms with Crippen molar-refractivity contribution < 1.29 is 5.11 Å². The topological polar surface area (TPSA) is 46.2 Å². The number of nitrogens with two attached hydrogens (primary N) is 1. The Morgan fingerprint density at radius 1 is 0.875 bits per heavy atom. The molecule has 0 aliphatic heterocycles. The third-order valence-electron chi connectivity index (χ3n) is 1.95. The van der Waals surface area contributed by atoms with Gasteiger partial charge in [-0.3, -0.25) is 0 Å². The van der Waals surface area contributed by atoms with Crippen LogP contribution in [0, 0.1) is 0 Å². The van der Waals surface area contributed by atoms with Crippen molar-refractivity contribution >= 4 is 16.5 Å². The van der Waals surface area contributed by atoms with Crippen LogP contribution in [0.25, 0.3) is 10.8 Å². The van der Waals surface area contributed by atoms with E-state index in [9.17, 15) is 5.11 Å². The first-order chi connectivity index (χ1) is 7.79. The Morgan fingerprint density at radius 3 is 2.06 bits per heavy atom. The van der Waals surface area contributed by atoms with Crippen molar-refractivity contribution in [2.24, 2.45) is 0 Å². The van der Waals surface area contributed by atoms with Gasteiger partial charge in [0, 0.05) is 5.39 Å². The fourth-order valence-corrected chi connectivity index (χ4v) is 1.28. The smallest absolute Gasteiger partial charge is 0.139 e. The van der Waals surface area contributed by atoms with Crippen molar-refractivity contribution in [3.63, 3.8) is 0 Å². The molecule has 0 unspecified atom stereocenters. The summed E-state index contributed by atoms with van der Waals surface area (Å²) >= 11 is 0. The summed E-state index contributed by atoms with van der Waals surface area (Å²) in [6.07, 6.45) is 0. The molecule has 0 atom stereocenters. The molecular weight excluding hydrogens is 198 g/mol. The predicted octanol–water partition coefficient (Wildman–Crippen LogP) is 4.18. The largest absolute Gasteiger partial charge is 0.506 e. The van der Waals surface area contributed by atoms with Crippen LogP contribution >= 0.6 is 0 Å². The van der Waals surface area contributed by atoms with Gasteiger partial charge in [-0.2, -0.15) is 0 Å². The molecule has 0 aliphatic carbocycles. The van der Waals surface area contributed by atoms with Crippen LogP contribution in [-0.2, 0) is 0 Å². The number of rotatable bonds is 0. The molecule has 0 radical (unpaired) electrons. The minimum atomic E-state index is 0.147. The number of fused-ring (bicyclic) bond motifs is 1. The summed E-state index contributed by atoms with van der Waals surface area (Å²) in [7, 11) is 0. The first-order valence-electron chi connectivity index (χ1n) is 5.75. The Morgan fingerprint density at radius 2 is 1.44 bits per heavy atom. The highest BCUT2D eigenvalue weighted by molar-refractivity contribution is 5.95. The monoisotopic (exact) mass is 219 g/mol. The van der Waals surface area contributed by atoms with Gasteiger partial charge in [0.2, 0.25) is 0 Å². The molecule has 0 amide bonds. The summed E-state index contributed by atoms with van der Waals surface area (Å²) in [5.74, 6) is 0.147. The van der Waals surface area contributed by atoms with Crippen molar-refractivity contribution in [2.75, 3.05) is 5.73 Å². The molecular formula is C14H21NO. The van der Waals surface area contributed by atoms with E-state index >= 15 is 0 Å². The van der Waals surface area contributed by atoms with E-state index in [-0.39, 0.29) is 5.75 Å². The summed E-state index contributed by atoms with van der Waals surface area (Å²) in [6, 6.07) is 11.2. The number of phenols is 1. The second-order valence-corrected chi connectivity index (χ2v) is 2.72. The van der Waals surface area contributed by atoms with Crippen molar-refractivity contribution in [3.8, 4) is 5.75 Å². The molecule has 2 nitrogen and oxygen atoms in total. The summed E-state index contributed by atoms with van der Waals surface area (Å²) in [5, 5.41) is 11.2. The molecule has 2 aromatic carbocycles. The maximum atomic E-state index is 9.29. The Kier molecular flexibility index (Phi) is 6.77. The van der Waals surface area contributed by atoms with E-state index in [1.54, 1.807) is 6.07 Å². The van der Waals surface area contributed by atoms with E-state index in [1.807, 2.05) is 58.0 Å². The summed E-state index contributed by atoms with van der Waals surface area (Å²) in [6.45, 7) is 8.00. The van der Waals surface area contributed by atoms with Crippen LogP contribution in [0.4, 0.5) is 5.69 Å². The van der Waals surface area contributed by atoms with Crippen LogP contribution in [0.5, 0.6) is 5.75 Å². The van der Waals surface area contributed by atoms with Crippen LogP contribution < -0.4 is 5.73 Å². The lowest BCUT2D eigenvalue weighted by molar-refractivity contribution is 0.478. The molecule has 88 valence electrons. The fourth-order valence-electron chi connectivity index (χ4n) is 1.28. The lowest BCUT2D eigenvalue weighted by atomic mass is 10.1. The number of aromatic hydroxyl groups is 1. The predicted molar refractivity (Wildman–Crippen MR) is 72.7 cm³/mol. The van der Waals surface area contributed by atoms with Gasteiger partial charge in [0.25, 0.3) is 0 Å². The van der Waals surface area contributed by atoms with Crippen molar-refractivity contribution in [2.45, 2.75) is 27.7 Å². The fraction of sp³-hybridized carbons (Fsp3) is 0.286. The van der Waals surface area contributed by atoms with Gasteiger partial charge in [-0.1, -0.05) is 58.0 Å². The third-order valence-corrected chi connectivity index (χ3v) is 1.95. The number of nitrogen functional groups attached to an aromatic ring is 1. The lowest BCUT2D eigenvalue weighted by Gasteiger charge is -2.02. The summed E-state index contributed by atoms with van der Waals surface area (Å²) in [4.78, 5) is 0. The third kappa shape index (κ3) is 3.16. The van der Waals surface area contributed by atoms with Crippen molar-refractivity contribution in [3.05, 3.63) is 36.4 Å². The van der Waals surface area contributed by atoms with Gasteiger partial charge in [0.15, 0.2) is 0 Å². The number of anilines is 1. The van der Waals surface area contributed by atoms with Gasteiger partial charge in [-0.05, 0) is 11.5 Å². The van der Waals surface area contributed by atoms with Crippen LogP contribution in [0.1, 0.15) is 27.7 Å². The first-order valence-corrected chi connectivity index (χ1v) is 5.75. The SMILES string of the molecule is CC.CC.Nc1c(O)ccc2ccccc12. The molecule has 0 aromatic heterocycles. The highest BCUT2D eigenvalue weighted by Crippen LogP contribution is 2.28. The first kappa shape index (κ1) is 14.3. The maximum absolute atomic E-state index is 9.29. The maximum Gasteiger partial charge on any atom is 0.139 e. The molecule has 2 rings (SSSR count). The van der Waals surface area contributed by atoms with Crippen molar-refractivity contribution in [1.29, 1.82) is 0 Å². The van der Waals surface area contributed by atoms with Gasteiger partial charge < -0.3 is 10.8 Å². The van der Waals surface area contributed by atoms with E-state index < -0.39 is 0 Å². The molecule has 0 fully saturated rings. The van der Waals surface area contributed by atoms with E-state index in [1.165, 1.54) is 0 Å². The van der Waals surface area contributed by atoms with Gasteiger partial charge in [-0.25, -0.2) is 0 Å². The molecule has 0 saturated heterocycles. The second-order valence-electron chi connectivity index (χ2n) is 2.72. The van der Waals surface area contributed by atoms with Crippen LogP contribution in [0.2, 0.25) is 0 Å². The zero-order chi connectivity index (χ0) is 12.6. The zero-order valence-electron chi connectivity index (χ0n) is 10.5.